The zero-order valence-corrected chi connectivity index (χ0v) is 40.0. The first-order valence-corrected chi connectivity index (χ1v) is 23.7. The highest BCUT2D eigenvalue weighted by atomic mass is 32.1. The lowest BCUT2D eigenvalue weighted by molar-refractivity contribution is -0.146. The van der Waals surface area contributed by atoms with Crippen molar-refractivity contribution in [3.63, 3.8) is 0 Å². The molecule has 3 aliphatic rings. The minimum absolute atomic E-state index is 0.0138. The van der Waals surface area contributed by atoms with E-state index < -0.39 is 23.9 Å². The summed E-state index contributed by atoms with van der Waals surface area (Å²) in [5.74, 6) is -1.73. The second-order valence-corrected chi connectivity index (χ2v) is 20.1. The molecule has 7 rings (SSSR count). The summed E-state index contributed by atoms with van der Waals surface area (Å²) in [6, 6.07) is 8.99. The van der Waals surface area contributed by atoms with E-state index in [1.807, 2.05) is 38.4 Å². The summed E-state index contributed by atoms with van der Waals surface area (Å²) in [6.45, 7) is 19.8. The Morgan fingerprint density at radius 2 is 1.92 bits per heavy atom. The predicted molar refractivity (Wildman–Crippen MR) is 252 cm³/mol. The minimum atomic E-state index is -0.941. The standard InChI is InChI=1S/C49H67N9O5S/c1-11-42(59)56-22-19-33(26-56)47(61)55(9)44(30(3)4)46(60)52-38-24-41-51-39(28-64-41)32-17-18-40-36(23-32)37(45(57(40)12-2)35-16-13-20-50-43(35)31(5)63-10)25-49(6,7)29-54(8)27-34-15-14-21-58(53-34)48(38)62/h11,13,16-18,20,23,28,30-31,33-34,38,44,53H,1,12,14-15,19,21-22,24-27,29H2,2-10H3,(H,52,60)/t31?,33?,34-,38?,44?/m0/s1. The average Bonchev–Trinajstić information content (AvgIpc) is 4.02. The van der Waals surface area contributed by atoms with E-state index in [1.165, 1.54) is 33.3 Å². The molecule has 0 aliphatic carbocycles. The van der Waals surface area contributed by atoms with Gasteiger partial charge in [-0.15, -0.1) is 11.3 Å². The highest BCUT2D eigenvalue weighted by Gasteiger charge is 2.40. The van der Waals surface area contributed by atoms with Crippen LogP contribution in [0.4, 0.5) is 0 Å². The Bertz CT molecular complexity index is 2370. The van der Waals surface area contributed by atoms with Crippen molar-refractivity contribution < 1.29 is 23.9 Å². The number of carbonyl (C=O) groups excluding carboxylic acids is 4. The van der Waals surface area contributed by atoms with Crippen molar-refractivity contribution in [2.75, 3.05) is 53.9 Å². The maximum atomic E-state index is 14.7. The number of hydrogen-bond donors (Lipinski definition) is 2. The first-order chi connectivity index (χ1) is 30.5. The van der Waals surface area contributed by atoms with Crippen molar-refractivity contribution in [2.45, 2.75) is 104 Å². The van der Waals surface area contributed by atoms with E-state index in [1.54, 1.807) is 24.1 Å². The van der Waals surface area contributed by atoms with E-state index in [9.17, 15) is 19.2 Å². The van der Waals surface area contributed by atoms with E-state index in [2.05, 4.69) is 78.9 Å². The summed E-state index contributed by atoms with van der Waals surface area (Å²) in [5, 5.41) is 8.72. The van der Waals surface area contributed by atoms with Crippen LogP contribution in [0.15, 0.2) is 54.6 Å². The molecule has 3 aromatic heterocycles. The van der Waals surface area contributed by atoms with Crippen molar-refractivity contribution in [3.05, 3.63) is 70.8 Å². The molecule has 2 N–H and O–H groups in total. The summed E-state index contributed by atoms with van der Waals surface area (Å²) >= 11 is 1.47. The number of aryl methyl sites for hydroxylation is 1. The largest absolute Gasteiger partial charge is 0.375 e. The summed E-state index contributed by atoms with van der Waals surface area (Å²) in [5.41, 5.74) is 10.7. The first kappa shape index (κ1) is 47.0. The number of nitrogens with zero attached hydrogens (tertiary/aromatic N) is 7. The van der Waals surface area contributed by atoms with Gasteiger partial charge in [-0.1, -0.05) is 40.3 Å². The van der Waals surface area contributed by atoms with Crippen LogP contribution in [0.1, 0.15) is 83.2 Å². The van der Waals surface area contributed by atoms with Gasteiger partial charge in [-0.25, -0.2) is 10.4 Å². The number of likely N-dealkylation sites (N-methyl/N-ethyl adjacent to an activating group) is 2. The van der Waals surface area contributed by atoms with Gasteiger partial charge in [0.15, 0.2) is 0 Å². The Morgan fingerprint density at radius 3 is 2.64 bits per heavy atom. The maximum absolute atomic E-state index is 14.7. The number of hydrazine groups is 1. The Labute approximate surface area is 382 Å². The molecule has 6 bridgehead atoms. The molecule has 4 amide bonds. The van der Waals surface area contributed by atoms with E-state index in [4.69, 9.17) is 14.7 Å². The number of carbonyl (C=O) groups is 4. The van der Waals surface area contributed by atoms with Crippen LogP contribution in [0, 0.1) is 17.3 Å². The van der Waals surface area contributed by atoms with Crippen molar-refractivity contribution in [1.29, 1.82) is 0 Å². The molecular weight excluding hydrogens is 827 g/mol. The first-order valence-electron chi connectivity index (χ1n) is 22.9. The molecule has 15 heteroatoms. The number of aromatic nitrogens is 3. The molecule has 2 saturated heterocycles. The zero-order valence-electron chi connectivity index (χ0n) is 39.1. The van der Waals surface area contributed by atoms with Gasteiger partial charge in [-0.3, -0.25) is 29.2 Å². The fourth-order valence-electron chi connectivity index (χ4n) is 10.3. The van der Waals surface area contributed by atoms with Crippen LogP contribution in [-0.4, -0.2) is 130 Å². The fourth-order valence-corrected chi connectivity index (χ4v) is 11.2. The number of thiazole rings is 1. The lowest BCUT2D eigenvalue weighted by Crippen LogP contribution is -2.62. The van der Waals surface area contributed by atoms with Crippen LogP contribution < -0.4 is 10.7 Å². The van der Waals surface area contributed by atoms with Crippen LogP contribution in [-0.2, 0) is 43.3 Å². The number of hydrogen-bond acceptors (Lipinski definition) is 10. The topological polar surface area (TPSA) is 145 Å². The number of fused-ring (bicyclic) bond motifs is 6. The molecule has 344 valence electrons. The van der Waals surface area contributed by atoms with Crippen molar-refractivity contribution >= 4 is 45.9 Å². The van der Waals surface area contributed by atoms with Crippen molar-refractivity contribution in [2.24, 2.45) is 17.3 Å². The van der Waals surface area contributed by atoms with Gasteiger partial charge in [0, 0.05) is 99.5 Å². The normalized spacial score (nSPS) is 21.7. The lowest BCUT2D eigenvalue weighted by Gasteiger charge is -2.39. The summed E-state index contributed by atoms with van der Waals surface area (Å²) in [7, 11) is 5.53. The predicted octanol–water partition coefficient (Wildman–Crippen LogP) is 6.11. The second-order valence-electron chi connectivity index (χ2n) is 19.1. The number of pyridine rings is 1. The summed E-state index contributed by atoms with van der Waals surface area (Å²) in [6.07, 6.45) is 6.12. The third-order valence-electron chi connectivity index (χ3n) is 13.3. The molecule has 0 spiro atoms. The number of nitrogens with one attached hydrogen (secondary N) is 2. The van der Waals surface area contributed by atoms with Gasteiger partial charge in [0.25, 0.3) is 5.91 Å². The maximum Gasteiger partial charge on any atom is 0.259 e. The van der Waals surface area contributed by atoms with Crippen molar-refractivity contribution in [3.8, 4) is 22.5 Å². The zero-order chi connectivity index (χ0) is 46.0. The van der Waals surface area contributed by atoms with E-state index in [0.29, 0.717) is 24.5 Å². The molecule has 4 aromatic rings. The molecule has 2 fully saturated rings. The van der Waals surface area contributed by atoms with Gasteiger partial charge in [0.1, 0.15) is 12.1 Å². The van der Waals surface area contributed by atoms with Gasteiger partial charge in [0.05, 0.1) is 34.1 Å². The van der Waals surface area contributed by atoms with Crippen LogP contribution >= 0.6 is 11.3 Å². The Hall–Kier alpha value is -4.96. The highest BCUT2D eigenvalue weighted by molar-refractivity contribution is 7.10. The molecule has 6 heterocycles. The smallest absolute Gasteiger partial charge is 0.259 e. The third-order valence-corrected chi connectivity index (χ3v) is 14.1. The number of ether oxygens (including phenoxy) is 1. The fraction of sp³-hybridized carbons (Fsp3) is 0.551. The van der Waals surface area contributed by atoms with Gasteiger partial charge >= 0.3 is 0 Å². The van der Waals surface area contributed by atoms with Crippen LogP contribution in [0.3, 0.4) is 0 Å². The number of amides is 4. The SMILES string of the molecule is C=CC(=O)N1CCC(C(=O)N(C)C(C(=O)NC2Cc3nc(cs3)-c3ccc4c(c3)c(c(-c3cccnc3C(C)OC)n4CC)CC(C)(C)CN(C)C[C@@H]3CCCN(N3)C2=O)C(C)C)C1. The van der Waals surface area contributed by atoms with E-state index >= 15 is 0 Å². The van der Waals surface area contributed by atoms with Crippen LogP contribution in [0.25, 0.3) is 33.4 Å². The molecule has 14 nitrogen and oxygen atoms in total. The van der Waals surface area contributed by atoms with Gasteiger partial charge < -0.3 is 29.3 Å². The molecule has 5 atom stereocenters. The molecule has 64 heavy (non-hydrogen) atoms. The van der Waals surface area contributed by atoms with Gasteiger partial charge in [-0.05, 0) is 93.8 Å². The number of likely N-dealkylation sites (tertiary alicyclic amines) is 1. The molecule has 4 unspecified atom stereocenters. The molecule has 0 radical (unpaired) electrons. The molecule has 1 aromatic carbocycles. The summed E-state index contributed by atoms with van der Waals surface area (Å²) in [4.78, 5) is 70.8. The van der Waals surface area contributed by atoms with E-state index in [-0.39, 0.29) is 54.2 Å². The quantitative estimate of drug-likeness (QED) is 0.180. The van der Waals surface area contributed by atoms with Gasteiger partial charge in [-0.2, -0.15) is 0 Å². The minimum Gasteiger partial charge on any atom is -0.375 e. The van der Waals surface area contributed by atoms with Crippen molar-refractivity contribution in [1.82, 2.24) is 45.0 Å². The average molecular weight is 894 g/mol. The molecule has 3 aliphatic heterocycles. The Morgan fingerprint density at radius 1 is 1.14 bits per heavy atom. The molecule has 0 saturated carbocycles. The lowest BCUT2D eigenvalue weighted by atomic mass is 9.83. The Balaban J connectivity index is 1.27. The number of rotatable bonds is 10. The Kier molecular flexibility index (Phi) is 14.4. The molecular formula is C49H67N9O5S. The highest BCUT2D eigenvalue weighted by Crippen LogP contribution is 2.42. The monoisotopic (exact) mass is 893 g/mol. The van der Waals surface area contributed by atoms with Gasteiger partial charge in [0.2, 0.25) is 17.7 Å². The summed E-state index contributed by atoms with van der Waals surface area (Å²) < 4.78 is 8.26. The van der Waals surface area contributed by atoms with Crippen LogP contribution in [0.5, 0.6) is 0 Å². The number of methoxy groups -OCH3 is 1. The number of benzene rings is 1. The van der Waals surface area contributed by atoms with E-state index in [0.717, 1.165) is 72.6 Å². The van der Waals surface area contributed by atoms with Crippen LogP contribution in [0.2, 0.25) is 0 Å². The third kappa shape index (κ3) is 9.82. The second kappa shape index (κ2) is 19.6.